The van der Waals surface area contributed by atoms with Crippen LogP contribution in [0.4, 0.5) is 9.59 Å². The highest BCUT2D eigenvalue weighted by Gasteiger charge is 2.16. The van der Waals surface area contributed by atoms with E-state index >= 15 is 0 Å². The molecular formula is C20H34O12. The number of hydrogen-bond donors (Lipinski definition) is 2. The molecule has 0 bridgehead atoms. The van der Waals surface area contributed by atoms with Crippen LogP contribution in [0.2, 0.25) is 0 Å². The molecule has 186 valence electrons. The highest BCUT2D eigenvalue weighted by Crippen LogP contribution is 2.05. The normalized spacial score (nSPS) is 14.3. The maximum Gasteiger partial charge on any atom is 0.508 e. The van der Waals surface area contributed by atoms with Gasteiger partial charge in [0.1, 0.15) is 38.6 Å². The van der Waals surface area contributed by atoms with Gasteiger partial charge < -0.3 is 38.6 Å². The van der Waals surface area contributed by atoms with E-state index in [1.54, 1.807) is 0 Å². The van der Waals surface area contributed by atoms with E-state index in [9.17, 15) is 19.2 Å². The molecular weight excluding hydrogens is 432 g/mol. The first-order chi connectivity index (χ1) is 15.0. The fourth-order valence-corrected chi connectivity index (χ4v) is 1.95. The van der Waals surface area contributed by atoms with Gasteiger partial charge in [-0.25, -0.2) is 9.59 Å². The van der Waals surface area contributed by atoms with Gasteiger partial charge in [0, 0.05) is 12.8 Å². The lowest BCUT2D eigenvalue weighted by Gasteiger charge is -2.14. The van der Waals surface area contributed by atoms with Gasteiger partial charge in [0.15, 0.2) is 0 Å². The summed E-state index contributed by atoms with van der Waals surface area (Å²) in [5.41, 5.74) is 0. The Kier molecular flexibility index (Phi) is 15.6. The van der Waals surface area contributed by atoms with E-state index in [0.717, 1.165) is 0 Å². The van der Waals surface area contributed by atoms with Crippen molar-refractivity contribution in [3.63, 3.8) is 0 Å². The summed E-state index contributed by atoms with van der Waals surface area (Å²) >= 11 is 0. The number of carbonyl (C=O) groups excluding carboxylic acids is 4. The number of unbranched alkanes of at least 4 members (excludes halogenated alkanes) is 1. The molecule has 0 saturated heterocycles. The molecule has 0 aromatic heterocycles. The van der Waals surface area contributed by atoms with Crippen molar-refractivity contribution in [2.75, 3.05) is 26.4 Å². The number of ether oxygens (including phenoxy) is 6. The molecule has 2 N–H and O–H groups in total. The van der Waals surface area contributed by atoms with E-state index < -0.39 is 48.7 Å². The monoisotopic (exact) mass is 466 g/mol. The maximum absolute atomic E-state index is 11.7. The summed E-state index contributed by atoms with van der Waals surface area (Å²) in [6.07, 6.45) is -4.08. The van der Waals surface area contributed by atoms with Gasteiger partial charge in [-0.2, -0.15) is 0 Å². The number of hydrogen-bond acceptors (Lipinski definition) is 12. The minimum absolute atomic E-state index is 0.0705. The van der Waals surface area contributed by atoms with Crippen LogP contribution in [0.1, 0.15) is 53.4 Å². The SMILES string of the molecule is CC(O)COC(=O)OC(C)COC(=O)CCCCC(=O)OCC(C)OC(=O)OCC(C)O. The smallest absolute Gasteiger partial charge is 0.462 e. The second-order valence-corrected chi connectivity index (χ2v) is 7.25. The molecule has 0 saturated carbocycles. The Morgan fingerprint density at radius 3 is 1.25 bits per heavy atom. The standard InChI is InChI=1S/C20H34O12/c1-13(21)9-29-19(25)31-15(3)11-27-17(23)7-5-6-8-18(24)28-12-16(4)32-20(26)30-10-14(2)22/h13-16,21-22H,5-12H2,1-4H3. The van der Waals surface area contributed by atoms with Gasteiger partial charge in [-0.15, -0.1) is 0 Å². The molecule has 0 amide bonds. The molecule has 12 nitrogen and oxygen atoms in total. The third-order valence-corrected chi connectivity index (χ3v) is 3.45. The fraction of sp³-hybridized carbons (Fsp3) is 0.800. The molecule has 0 aliphatic carbocycles. The first-order valence-corrected chi connectivity index (χ1v) is 10.3. The van der Waals surface area contributed by atoms with E-state index in [4.69, 9.17) is 29.2 Å². The van der Waals surface area contributed by atoms with Crippen molar-refractivity contribution in [1.29, 1.82) is 0 Å². The van der Waals surface area contributed by atoms with Crippen LogP contribution < -0.4 is 0 Å². The molecule has 12 heteroatoms. The Hall–Kier alpha value is -2.60. The Morgan fingerprint density at radius 1 is 0.594 bits per heavy atom. The molecule has 0 radical (unpaired) electrons. The van der Waals surface area contributed by atoms with Crippen molar-refractivity contribution in [3.8, 4) is 0 Å². The largest absolute Gasteiger partial charge is 0.508 e. The van der Waals surface area contributed by atoms with Crippen LogP contribution in [0.3, 0.4) is 0 Å². The molecule has 0 aromatic rings. The van der Waals surface area contributed by atoms with Crippen molar-refractivity contribution in [2.45, 2.75) is 77.8 Å². The number of aliphatic hydroxyl groups is 2. The predicted molar refractivity (Wildman–Crippen MR) is 108 cm³/mol. The molecule has 0 aliphatic heterocycles. The summed E-state index contributed by atoms with van der Waals surface area (Å²) in [6, 6.07) is 0. The second kappa shape index (κ2) is 17.0. The summed E-state index contributed by atoms with van der Waals surface area (Å²) in [5.74, 6) is -1.02. The lowest BCUT2D eigenvalue weighted by Crippen LogP contribution is -2.25. The van der Waals surface area contributed by atoms with Crippen LogP contribution in [-0.2, 0) is 38.0 Å². The summed E-state index contributed by atoms with van der Waals surface area (Å²) in [4.78, 5) is 46.0. The second-order valence-electron chi connectivity index (χ2n) is 7.25. The lowest BCUT2D eigenvalue weighted by molar-refractivity contribution is -0.149. The van der Waals surface area contributed by atoms with Crippen LogP contribution in [0.25, 0.3) is 0 Å². The van der Waals surface area contributed by atoms with E-state index in [2.05, 4.69) is 9.47 Å². The van der Waals surface area contributed by atoms with E-state index in [0.29, 0.717) is 12.8 Å². The third kappa shape index (κ3) is 18.2. The van der Waals surface area contributed by atoms with Crippen LogP contribution in [0.15, 0.2) is 0 Å². The molecule has 0 spiro atoms. The van der Waals surface area contributed by atoms with Crippen molar-refractivity contribution in [3.05, 3.63) is 0 Å². The van der Waals surface area contributed by atoms with Gasteiger partial charge in [-0.1, -0.05) is 0 Å². The Morgan fingerprint density at radius 2 is 0.938 bits per heavy atom. The highest BCUT2D eigenvalue weighted by molar-refractivity contribution is 5.70. The minimum atomic E-state index is -0.968. The summed E-state index contributed by atoms with van der Waals surface area (Å²) in [6.45, 7) is 5.24. The number of carbonyl (C=O) groups is 4. The molecule has 0 fully saturated rings. The Balaban J connectivity index is 3.80. The average Bonchev–Trinajstić information content (AvgIpc) is 2.70. The number of rotatable bonds is 15. The fourth-order valence-electron chi connectivity index (χ4n) is 1.95. The first kappa shape index (κ1) is 29.4. The molecule has 0 aromatic carbocycles. The van der Waals surface area contributed by atoms with Gasteiger partial charge in [0.2, 0.25) is 0 Å². The predicted octanol–water partition coefficient (Wildman–Crippen LogP) is 1.48. The number of aliphatic hydroxyl groups excluding tert-OH is 2. The summed E-state index contributed by atoms with van der Waals surface area (Å²) in [7, 11) is 0. The van der Waals surface area contributed by atoms with Crippen LogP contribution >= 0.6 is 0 Å². The van der Waals surface area contributed by atoms with Gasteiger partial charge in [-0.3, -0.25) is 9.59 Å². The van der Waals surface area contributed by atoms with E-state index in [1.165, 1.54) is 27.7 Å². The lowest BCUT2D eigenvalue weighted by atomic mass is 10.2. The molecule has 0 rings (SSSR count). The van der Waals surface area contributed by atoms with Gasteiger partial charge in [0.05, 0.1) is 12.2 Å². The van der Waals surface area contributed by atoms with Crippen LogP contribution in [0, 0.1) is 0 Å². The molecule has 0 heterocycles. The molecule has 0 aliphatic rings. The van der Waals surface area contributed by atoms with Crippen LogP contribution in [0.5, 0.6) is 0 Å². The molecule has 4 atom stereocenters. The topological polar surface area (TPSA) is 164 Å². The summed E-state index contributed by atoms with van der Waals surface area (Å²) in [5, 5.41) is 18.0. The van der Waals surface area contributed by atoms with Crippen LogP contribution in [-0.4, -0.2) is 85.3 Å². The van der Waals surface area contributed by atoms with Gasteiger partial charge >= 0.3 is 24.2 Å². The van der Waals surface area contributed by atoms with Crippen molar-refractivity contribution < 1.29 is 57.8 Å². The Bertz CT molecular complexity index is 525. The van der Waals surface area contributed by atoms with Crippen molar-refractivity contribution in [1.82, 2.24) is 0 Å². The third-order valence-electron chi connectivity index (χ3n) is 3.45. The molecule has 4 unspecified atom stereocenters. The first-order valence-electron chi connectivity index (χ1n) is 10.3. The highest BCUT2D eigenvalue weighted by atomic mass is 16.7. The zero-order valence-corrected chi connectivity index (χ0v) is 18.9. The number of esters is 2. The van der Waals surface area contributed by atoms with Crippen molar-refractivity contribution >= 4 is 24.2 Å². The Labute approximate surface area is 187 Å². The van der Waals surface area contributed by atoms with Crippen molar-refractivity contribution in [2.24, 2.45) is 0 Å². The molecule has 32 heavy (non-hydrogen) atoms. The average molecular weight is 466 g/mol. The van der Waals surface area contributed by atoms with Gasteiger partial charge in [-0.05, 0) is 40.5 Å². The maximum atomic E-state index is 11.7. The quantitative estimate of drug-likeness (QED) is 0.203. The van der Waals surface area contributed by atoms with E-state index in [1.807, 2.05) is 0 Å². The van der Waals surface area contributed by atoms with Gasteiger partial charge in [0.25, 0.3) is 0 Å². The zero-order valence-electron chi connectivity index (χ0n) is 18.9. The summed E-state index contributed by atoms with van der Waals surface area (Å²) < 4.78 is 28.9. The van der Waals surface area contributed by atoms with E-state index in [-0.39, 0.29) is 39.3 Å². The zero-order chi connectivity index (χ0) is 24.5. The minimum Gasteiger partial charge on any atom is -0.462 e.